The number of anilines is 1. The van der Waals surface area contributed by atoms with Gasteiger partial charge in [0.05, 0.1) is 17.2 Å². The van der Waals surface area contributed by atoms with E-state index in [1.807, 2.05) is 6.92 Å². The number of H-pyrrole nitrogens is 1. The molecule has 3 heterocycles. The lowest BCUT2D eigenvalue weighted by Gasteiger charge is -2.15. The average molecular weight is 431 g/mol. The summed E-state index contributed by atoms with van der Waals surface area (Å²) >= 11 is 0. The molecule has 3 aromatic rings. The van der Waals surface area contributed by atoms with Crippen LogP contribution in [-0.2, 0) is 4.79 Å². The van der Waals surface area contributed by atoms with Crippen molar-refractivity contribution in [1.82, 2.24) is 9.88 Å². The highest BCUT2D eigenvalue weighted by Gasteiger charge is 2.30. The summed E-state index contributed by atoms with van der Waals surface area (Å²) in [5, 5.41) is 12.6. The van der Waals surface area contributed by atoms with Crippen molar-refractivity contribution in [3.05, 3.63) is 76.9 Å². The van der Waals surface area contributed by atoms with Crippen LogP contribution in [0.4, 0.5) is 10.1 Å². The molecule has 1 atom stereocenters. The molecule has 32 heavy (non-hydrogen) atoms. The number of aromatic nitrogens is 1. The molecule has 0 saturated carbocycles. The molecule has 3 N–H and O–H groups in total. The summed E-state index contributed by atoms with van der Waals surface area (Å²) in [6.45, 7) is 2.66. The smallest absolute Gasteiger partial charge is 0.256 e. The molecule has 7 heteroatoms. The lowest BCUT2D eigenvalue weighted by atomic mass is 9.94. The Hall–Kier alpha value is -3.71. The zero-order valence-corrected chi connectivity index (χ0v) is 17.5. The summed E-state index contributed by atoms with van der Waals surface area (Å²) in [5.41, 5.74) is 4.55. The van der Waals surface area contributed by atoms with Gasteiger partial charge in [0, 0.05) is 41.8 Å². The minimum atomic E-state index is -0.490. The molecule has 1 aromatic heterocycles. The summed E-state index contributed by atoms with van der Waals surface area (Å²) in [6, 6.07) is 11.8. The number of halogens is 1. The third kappa shape index (κ3) is 3.31. The van der Waals surface area contributed by atoms with Gasteiger partial charge in [-0.1, -0.05) is 30.3 Å². The monoisotopic (exact) mass is 431 g/mol. The number of benzene rings is 2. The van der Waals surface area contributed by atoms with Crippen molar-refractivity contribution in [2.75, 3.05) is 18.4 Å². The number of carbonyl (C=O) groups excluding carboxylic acids is 2. The van der Waals surface area contributed by atoms with E-state index in [9.17, 15) is 19.1 Å². The zero-order valence-electron chi connectivity index (χ0n) is 17.5. The Morgan fingerprint density at radius 2 is 1.97 bits per heavy atom. The van der Waals surface area contributed by atoms with Gasteiger partial charge in [0.1, 0.15) is 5.82 Å². The third-order valence-electron chi connectivity index (χ3n) is 6.14. The second-order valence-electron chi connectivity index (χ2n) is 8.15. The van der Waals surface area contributed by atoms with Gasteiger partial charge in [-0.15, -0.1) is 0 Å². The van der Waals surface area contributed by atoms with Gasteiger partial charge in [0.25, 0.3) is 11.8 Å². The molecule has 162 valence electrons. The molecular formula is C25H22FN3O3. The molecule has 0 radical (unpaired) electrons. The van der Waals surface area contributed by atoms with Gasteiger partial charge in [-0.2, -0.15) is 0 Å². The lowest BCUT2D eigenvalue weighted by molar-refractivity contribution is -0.110. The van der Waals surface area contributed by atoms with Crippen LogP contribution in [0.3, 0.4) is 0 Å². The summed E-state index contributed by atoms with van der Waals surface area (Å²) < 4.78 is 14.5. The number of aliphatic hydroxyl groups is 1. The van der Waals surface area contributed by atoms with Crippen molar-refractivity contribution in [2.24, 2.45) is 0 Å². The van der Waals surface area contributed by atoms with Crippen LogP contribution in [0.25, 0.3) is 22.8 Å². The first-order chi connectivity index (χ1) is 15.4. The molecule has 5 rings (SSSR count). The number of likely N-dealkylation sites (tertiary alicyclic amines) is 1. The van der Waals surface area contributed by atoms with Crippen LogP contribution in [0.2, 0.25) is 0 Å². The Labute approximate surface area is 184 Å². The van der Waals surface area contributed by atoms with E-state index in [2.05, 4.69) is 10.3 Å². The van der Waals surface area contributed by atoms with Crippen molar-refractivity contribution in [3.8, 4) is 11.1 Å². The molecule has 6 nitrogen and oxygen atoms in total. The number of nitrogens with one attached hydrogen (secondary N) is 2. The number of hydrogen-bond donors (Lipinski definition) is 3. The van der Waals surface area contributed by atoms with Crippen molar-refractivity contribution >= 4 is 29.2 Å². The first-order valence-corrected chi connectivity index (χ1v) is 10.5. The van der Waals surface area contributed by atoms with Crippen molar-refractivity contribution in [2.45, 2.75) is 19.4 Å². The third-order valence-corrected chi connectivity index (χ3v) is 6.14. The molecule has 2 aliphatic heterocycles. The van der Waals surface area contributed by atoms with Crippen LogP contribution in [0.1, 0.15) is 33.6 Å². The first-order valence-electron chi connectivity index (χ1n) is 10.5. The number of β-amino-alcohol motifs (C(OH)–C–C–N with tert-alkyl or cyclic N) is 1. The van der Waals surface area contributed by atoms with E-state index in [0.29, 0.717) is 64.3 Å². The van der Waals surface area contributed by atoms with Gasteiger partial charge in [-0.3, -0.25) is 9.59 Å². The largest absolute Gasteiger partial charge is 0.391 e. The van der Waals surface area contributed by atoms with Gasteiger partial charge in [0.2, 0.25) is 0 Å². The second kappa shape index (κ2) is 7.76. The molecular weight excluding hydrogens is 409 g/mol. The van der Waals surface area contributed by atoms with Crippen LogP contribution < -0.4 is 5.32 Å². The maximum absolute atomic E-state index is 14.5. The van der Waals surface area contributed by atoms with E-state index in [4.69, 9.17) is 0 Å². The van der Waals surface area contributed by atoms with Gasteiger partial charge in [0.15, 0.2) is 0 Å². The number of carbonyl (C=O) groups is 2. The maximum atomic E-state index is 14.5. The van der Waals surface area contributed by atoms with Gasteiger partial charge >= 0.3 is 0 Å². The van der Waals surface area contributed by atoms with E-state index in [1.54, 1.807) is 53.6 Å². The van der Waals surface area contributed by atoms with E-state index >= 15 is 0 Å². The summed E-state index contributed by atoms with van der Waals surface area (Å²) in [7, 11) is 0. The Kier molecular flexibility index (Phi) is 4.90. The Morgan fingerprint density at radius 3 is 2.72 bits per heavy atom. The minimum absolute atomic E-state index is 0.150. The van der Waals surface area contributed by atoms with Crippen LogP contribution in [0.15, 0.2) is 48.7 Å². The molecule has 1 fully saturated rings. The van der Waals surface area contributed by atoms with Crippen LogP contribution in [0.5, 0.6) is 0 Å². The molecule has 1 saturated heterocycles. The highest BCUT2D eigenvalue weighted by molar-refractivity contribution is 6.36. The Bertz CT molecular complexity index is 1280. The van der Waals surface area contributed by atoms with Gasteiger partial charge in [-0.25, -0.2) is 4.39 Å². The van der Waals surface area contributed by atoms with Crippen molar-refractivity contribution in [3.63, 3.8) is 0 Å². The Balaban J connectivity index is 1.56. The molecule has 0 spiro atoms. The molecule has 2 aliphatic rings. The quantitative estimate of drug-likeness (QED) is 0.551. The number of nitrogens with zero attached hydrogens (tertiary/aromatic N) is 1. The number of hydrogen-bond acceptors (Lipinski definition) is 3. The standard InChI is InChI=1S/C25H22FN3O3/c1-14-19(25(32)29-10-9-15(30)13-29)12-27-22(14)11-18-23-17(16-5-2-3-7-20(16)26)6-4-8-21(23)28-24(18)31/h2-8,11-12,15,27,30H,9-10,13H2,1H3,(H,28,31)/b18-11-/t15-/m0/s1. The summed E-state index contributed by atoms with van der Waals surface area (Å²) in [6.07, 6.45) is 3.42. The van der Waals surface area contributed by atoms with E-state index in [1.165, 1.54) is 6.07 Å². The molecule has 0 unspecified atom stereocenters. The fraction of sp³-hybridized carbons (Fsp3) is 0.200. The number of rotatable bonds is 3. The number of aromatic amines is 1. The number of aliphatic hydroxyl groups excluding tert-OH is 1. The lowest BCUT2D eigenvalue weighted by Crippen LogP contribution is -2.29. The van der Waals surface area contributed by atoms with E-state index in [-0.39, 0.29) is 17.6 Å². The number of amides is 2. The predicted octanol–water partition coefficient (Wildman–Crippen LogP) is 3.83. The van der Waals surface area contributed by atoms with Crippen LogP contribution in [-0.4, -0.2) is 46.0 Å². The topological polar surface area (TPSA) is 85.4 Å². The molecule has 0 aliphatic carbocycles. The highest BCUT2D eigenvalue weighted by Crippen LogP contribution is 2.41. The van der Waals surface area contributed by atoms with Crippen LogP contribution in [0, 0.1) is 12.7 Å². The summed E-state index contributed by atoms with van der Waals surface area (Å²) in [5.74, 6) is -0.798. The predicted molar refractivity (Wildman–Crippen MR) is 120 cm³/mol. The normalized spacial score (nSPS) is 18.8. The number of fused-ring (bicyclic) bond motifs is 1. The highest BCUT2D eigenvalue weighted by atomic mass is 19.1. The van der Waals surface area contributed by atoms with Gasteiger partial charge in [-0.05, 0) is 42.7 Å². The van der Waals surface area contributed by atoms with Crippen LogP contribution >= 0.6 is 0 Å². The molecule has 2 aromatic carbocycles. The Morgan fingerprint density at radius 1 is 1.19 bits per heavy atom. The van der Waals surface area contributed by atoms with Crippen molar-refractivity contribution in [1.29, 1.82) is 0 Å². The SMILES string of the molecule is Cc1c(C(=O)N2CC[C@H](O)C2)c[nH]c1/C=C1\C(=O)Nc2cccc(-c3ccccc3F)c21. The fourth-order valence-electron chi connectivity index (χ4n) is 4.42. The maximum Gasteiger partial charge on any atom is 0.256 e. The van der Waals surface area contributed by atoms with E-state index in [0.717, 1.165) is 0 Å². The van der Waals surface area contributed by atoms with Crippen molar-refractivity contribution < 1.29 is 19.1 Å². The first kappa shape index (κ1) is 20.2. The second-order valence-corrected chi connectivity index (χ2v) is 8.15. The minimum Gasteiger partial charge on any atom is -0.391 e. The van der Waals surface area contributed by atoms with Gasteiger partial charge < -0.3 is 20.3 Å². The molecule has 0 bridgehead atoms. The van der Waals surface area contributed by atoms with E-state index < -0.39 is 6.10 Å². The summed E-state index contributed by atoms with van der Waals surface area (Å²) in [4.78, 5) is 30.4. The zero-order chi connectivity index (χ0) is 22.4. The molecule has 2 amide bonds. The average Bonchev–Trinajstić information content (AvgIpc) is 3.46. The fourth-order valence-corrected chi connectivity index (χ4v) is 4.42.